The van der Waals surface area contributed by atoms with Crippen molar-refractivity contribution in [3.63, 3.8) is 0 Å². The summed E-state index contributed by atoms with van der Waals surface area (Å²) in [5.41, 5.74) is 0.580. The van der Waals surface area contributed by atoms with Crippen LogP contribution in [-0.4, -0.2) is 11.1 Å². The molecule has 3 rings (SSSR count). The first-order valence-corrected chi connectivity index (χ1v) is 5.14. The average Bonchev–Trinajstić information content (AvgIpc) is 2.80. The molecule has 16 heavy (non-hydrogen) atoms. The minimum Gasteiger partial charge on any atom is -0.463 e. The topological polar surface area (TPSA) is 68.3 Å². The van der Waals surface area contributed by atoms with E-state index in [9.17, 15) is 4.79 Å². The Bertz CT molecular complexity index is 497. The van der Waals surface area contributed by atoms with Crippen molar-refractivity contribution in [2.75, 3.05) is 5.32 Å². The number of aromatic nitrogens is 1. The molecule has 0 radical (unpaired) electrons. The Morgan fingerprint density at radius 2 is 2.38 bits per heavy atom. The van der Waals surface area contributed by atoms with Gasteiger partial charge in [0, 0.05) is 12.0 Å². The van der Waals surface area contributed by atoms with E-state index >= 15 is 0 Å². The Labute approximate surface area is 91.4 Å². The third-order valence-electron chi connectivity index (χ3n) is 2.48. The predicted molar refractivity (Wildman–Crippen MR) is 55.6 cm³/mol. The van der Waals surface area contributed by atoms with Gasteiger partial charge in [-0.25, -0.2) is 0 Å². The molecule has 1 N–H and O–H groups in total. The first-order chi connectivity index (χ1) is 7.83. The quantitative estimate of drug-likeness (QED) is 0.858. The maximum absolute atomic E-state index is 11.4. The fourth-order valence-corrected chi connectivity index (χ4v) is 1.44. The molecular formula is C11H10N2O3. The molecule has 1 aliphatic carbocycles. The zero-order chi connectivity index (χ0) is 11.0. The predicted octanol–water partition coefficient (Wildman–Crippen LogP) is 2.28. The molecule has 0 unspecified atom stereocenters. The Morgan fingerprint density at radius 3 is 3.06 bits per heavy atom. The molecule has 0 aliphatic heterocycles. The van der Waals surface area contributed by atoms with Crippen molar-refractivity contribution in [1.82, 2.24) is 5.16 Å². The molecule has 0 spiro atoms. The van der Waals surface area contributed by atoms with Gasteiger partial charge in [0.25, 0.3) is 0 Å². The van der Waals surface area contributed by atoms with Gasteiger partial charge in [-0.2, -0.15) is 0 Å². The highest BCUT2D eigenvalue weighted by Crippen LogP contribution is 2.30. The lowest BCUT2D eigenvalue weighted by molar-refractivity contribution is -0.117. The normalized spacial score (nSPS) is 15.0. The molecular weight excluding hydrogens is 208 g/mol. The van der Waals surface area contributed by atoms with E-state index in [1.807, 2.05) is 0 Å². The average molecular weight is 218 g/mol. The molecule has 0 bridgehead atoms. The summed E-state index contributed by atoms with van der Waals surface area (Å²) in [5.74, 6) is 1.14. The third kappa shape index (κ3) is 1.71. The first-order valence-electron chi connectivity index (χ1n) is 5.14. The number of hydrogen-bond donors (Lipinski definition) is 1. The number of amides is 1. The number of nitrogens with zero attached hydrogens (tertiary/aromatic N) is 1. The van der Waals surface area contributed by atoms with Crippen molar-refractivity contribution in [3.05, 3.63) is 24.5 Å². The fraction of sp³-hybridized carbons (Fsp3) is 0.273. The van der Waals surface area contributed by atoms with Gasteiger partial charge >= 0.3 is 0 Å². The Kier molecular flexibility index (Phi) is 2.02. The van der Waals surface area contributed by atoms with Gasteiger partial charge in [0.05, 0.1) is 6.26 Å². The summed E-state index contributed by atoms with van der Waals surface area (Å²) in [6, 6.07) is 5.20. The molecule has 0 atom stereocenters. The highest BCUT2D eigenvalue weighted by molar-refractivity contribution is 5.93. The summed E-state index contributed by atoms with van der Waals surface area (Å²) < 4.78 is 10.2. The van der Waals surface area contributed by atoms with Crippen LogP contribution >= 0.6 is 0 Å². The van der Waals surface area contributed by atoms with E-state index in [1.54, 1.807) is 24.5 Å². The number of anilines is 1. The maximum atomic E-state index is 11.4. The minimum absolute atomic E-state index is 0.00199. The summed E-state index contributed by atoms with van der Waals surface area (Å²) in [6.45, 7) is 0. The first kappa shape index (κ1) is 9.21. The second-order valence-electron chi connectivity index (χ2n) is 3.82. The van der Waals surface area contributed by atoms with Crippen LogP contribution in [-0.2, 0) is 4.79 Å². The number of furan rings is 1. The van der Waals surface area contributed by atoms with Crippen molar-refractivity contribution in [2.45, 2.75) is 12.8 Å². The van der Waals surface area contributed by atoms with Crippen LogP contribution in [0.3, 0.4) is 0 Å². The number of hydrogen-bond acceptors (Lipinski definition) is 4. The van der Waals surface area contributed by atoms with Gasteiger partial charge in [0.2, 0.25) is 11.8 Å². The molecule has 5 nitrogen and oxygen atoms in total. The van der Waals surface area contributed by atoms with Crippen LogP contribution in [0.4, 0.5) is 5.88 Å². The van der Waals surface area contributed by atoms with Crippen LogP contribution in [0.1, 0.15) is 12.8 Å². The molecule has 82 valence electrons. The molecule has 1 fully saturated rings. The Morgan fingerprint density at radius 1 is 1.50 bits per heavy atom. The largest absolute Gasteiger partial charge is 0.463 e. The second kappa shape index (κ2) is 3.52. The van der Waals surface area contributed by atoms with Gasteiger partial charge in [0.1, 0.15) is 0 Å². The van der Waals surface area contributed by atoms with Crippen molar-refractivity contribution >= 4 is 11.8 Å². The van der Waals surface area contributed by atoms with Gasteiger partial charge in [0.15, 0.2) is 11.5 Å². The van der Waals surface area contributed by atoms with E-state index in [2.05, 4.69) is 10.5 Å². The Balaban J connectivity index is 1.75. The van der Waals surface area contributed by atoms with E-state index in [0.29, 0.717) is 17.3 Å². The van der Waals surface area contributed by atoms with Crippen molar-refractivity contribution in [3.8, 4) is 11.5 Å². The van der Waals surface area contributed by atoms with E-state index in [0.717, 1.165) is 12.8 Å². The van der Waals surface area contributed by atoms with Gasteiger partial charge in [-0.05, 0) is 25.0 Å². The second-order valence-corrected chi connectivity index (χ2v) is 3.82. The van der Waals surface area contributed by atoms with Crippen LogP contribution in [0.2, 0.25) is 0 Å². The fourth-order valence-electron chi connectivity index (χ4n) is 1.44. The van der Waals surface area contributed by atoms with Crippen LogP contribution in [0.25, 0.3) is 11.5 Å². The summed E-state index contributed by atoms with van der Waals surface area (Å²) in [7, 11) is 0. The molecule has 2 aromatic rings. The van der Waals surface area contributed by atoms with E-state index in [1.165, 1.54) is 0 Å². The highest BCUT2D eigenvalue weighted by Gasteiger charge is 2.30. The summed E-state index contributed by atoms with van der Waals surface area (Å²) in [5, 5.41) is 6.48. The van der Waals surface area contributed by atoms with Crippen molar-refractivity contribution in [1.29, 1.82) is 0 Å². The smallest absolute Gasteiger partial charge is 0.231 e. The standard InChI is InChI=1S/C11H10N2O3/c14-11(7-3-4-7)12-10-6-8(13-16-10)9-2-1-5-15-9/h1-2,5-7H,3-4H2,(H,12,14). The summed E-state index contributed by atoms with van der Waals surface area (Å²) in [4.78, 5) is 11.4. The van der Waals surface area contributed by atoms with Gasteiger partial charge < -0.3 is 8.94 Å². The van der Waals surface area contributed by atoms with E-state index in [4.69, 9.17) is 8.94 Å². The summed E-state index contributed by atoms with van der Waals surface area (Å²) in [6.07, 6.45) is 3.49. The molecule has 1 aliphatic rings. The van der Waals surface area contributed by atoms with Crippen LogP contribution in [0, 0.1) is 5.92 Å². The van der Waals surface area contributed by atoms with Gasteiger partial charge in [-0.3, -0.25) is 10.1 Å². The van der Waals surface area contributed by atoms with Crippen LogP contribution in [0.15, 0.2) is 33.4 Å². The number of rotatable bonds is 3. The molecule has 1 saturated carbocycles. The Hall–Kier alpha value is -2.04. The van der Waals surface area contributed by atoms with Crippen LogP contribution < -0.4 is 5.32 Å². The lowest BCUT2D eigenvalue weighted by Gasteiger charge is -1.95. The molecule has 2 heterocycles. The lowest BCUT2D eigenvalue weighted by atomic mass is 10.3. The molecule has 2 aromatic heterocycles. The minimum atomic E-state index is 0.00199. The van der Waals surface area contributed by atoms with Gasteiger partial charge in [-0.1, -0.05) is 5.16 Å². The highest BCUT2D eigenvalue weighted by atomic mass is 16.5. The van der Waals surface area contributed by atoms with Crippen molar-refractivity contribution < 1.29 is 13.7 Å². The van der Waals surface area contributed by atoms with Crippen molar-refractivity contribution in [2.24, 2.45) is 5.92 Å². The maximum Gasteiger partial charge on any atom is 0.231 e. The van der Waals surface area contributed by atoms with Crippen LogP contribution in [0.5, 0.6) is 0 Å². The monoisotopic (exact) mass is 218 g/mol. The number of carbonyl (C=O) groups excluding carboxylic acids is 1. The molecule has 0 aromatic carbocycles. The lowest BCUT2D eigenvalue weighted by Crippen LogP contribution is -2.12. The number of nitrogens with one attached hydrogen (secondary N) is 1. The SMILES string of the molecule is O=C(Nc1cc(-c2ccco2)no1)C1CC1. The number of carbonyl (C=O) groups is 1. The molecule has 0 saturated heterocycles. The summed E-state index contributed by atoms with van der Waals surface area (Å²) >= 11 is 0. The zero-order valence-corrected chi connectivity index (χ0v) is 8.47. The van der Waals surface area contributed by atoms with Gasteiger partial charge in [-0.15, -0.1) is 0 Å². The molecule has 5 heteroatoms. The molecule has 1 amide bonds. The zero-order valence-electron chi connectivity index (χ0n) is 8.47. The van der Waals surface area contributed by atoms with E-state index < -0.39 is 0 Å². The van der Waals surface area contributed by atoms with E-state index in [-0.39, 0.29) is 11.8 Å². The third-order valence-corrected chi connectivity index (χ3v) is 2.48.